The molecule has 0 saturated heterocycles. The number of carbonyl (C=O) groups excluding carboxylic acids is 3. The van der Waals surface area contributed by atoms with E-state index in [0.29, 0.717) is 19.3 Å². The van der Waals surface area contributed by atoms with Gasteiger partial charge in [-0.25, -0.2) is 0 Å². The average Bonchev–Trinajstić information content (AvgIpc) is 3.34. The molecule has 0 fully saturated rings. The van der Waals surface area contributed by atoms with Crippen molar-refractivity contribution in [2.24, 2.45) is 0 Å². The molecule has 0 heterocycles. The molecule has 0 N–H and O–H groups in total. The van der Waals surface area contributed by atoms with E-state index in [9.17, 15) is 14.4 Å². The maximum atomic E-state index is 12.8. The van der Waals surface area contributed by atoms with Gasteiger partial charge in [-0.2, -0.15) is 0 Å². The largest absolute Gasteiger partial charge is 0.462 e. The first-order valence-corrected chi connectivity index (χ1v) is 28.7. The molecule has 0 amide bonds. The van der Waals surface area contributed by atoms with E-state index in [1.807, 2.05) is 54.7 Å². The van der Waals surface area contributed by atoms with Crippen molar-refractivity contribution in [3.05, 3.63) is 85.1 Å². The van der Waals surface area contributed by atoms with E-state index in [0.717, 1.165) is 70.6 Å². The van der Waals surface area contributed by atoms with Crippen molar-refractivity contribution in [3.63, 3.8) is 0 Å². The van der Waals surface area contributed by atoms with Gasteiger partial charge in [-0.1, -0.05) is 279 Å². The molecular formula is C62H106O6. The lowest BCUT2D eigenvalue weighted by Gasteiger charge is -2.18. The van der Waals surface area contributed by atoms with E-state index in [4.69, 9.17) is 14.2 Å². The first-order valence-electron chi connectivity index (χ1n) is 28.7. The molecule has 0 radical (unpaired) electrons. The van der Waals surface area contributed by atoms with Crippen LogP contribution in [0.2, 0.25) is 0 Å². The van der Waals surface area contributed by atoms with Crippen molar-refractivity contribution in [1.29, 1.82) is 0 Å². The van der Waals surface area contributed by atoms with Crippen LogP contribution in [-0.4, -0.2) is 37.2 Å². The third-order valence-electron chi connectivity index (χ3n) is 12.3. The Hall–Kier alpha value is -3.41. The van der Waals surface area contributed by atoms with Crippen LogP contribution in [-0.2, 0) is 28.6 Å². The molecule has 1 unspecified atom stereocenters. The lowest BCUT2D eigenvalue weighted by molar-refractivity contribution is -0.167. The fourth-order valence-electron chi connectivity index (χ4n) is 7.99. The van der Waals surface area contributed by atoms with E-state index in [1.54, 1.807) is 0 Å². The van der Waals surface area contributed by atoms with Crippen LogP contribution in [0.4, 0.5) is 0 Å². The van der Waals surface area contributed by atoms with Gasteiger partial charge in [-0.3, -0.25) is 14.4 Å². The Bertz CT molecular complexity index is 1320. The highest BCUT2D eigenvalue weighted by molar-refractivity contribution is 5.71. The van der Waals surface area contributed by atoms with Gasteiger partial charge in [0.25, 0.3) is 0 Å². The van der Waals surface area contributed by atoms with E-state index in [2.05, 4.69) is 51.2 Å². The summed E-state index contributed by atoms with van der Waals surface area (Å²) in [5.74, 6) is -0.989. The first kappa shape index (κ1) is 64.6. The van der Waals surface area contributed by atoms with E-state index in [1.165, 1.54) is 154 Å². The molecular weight excluding hydrogens is 841 g/mol. The lowest BCUT2D eigenvalue weighted by atomic mass is 10.0. The van der Waals surface area contributed by atoms with Gasteiger partial charge >= 0.3 is 17.9 Å². The van der Waals surface area contributed by atoms with E-state index < -0.39 is 6.10 Å². The Balaban J connectivity index is 4.44. The summed E-state index contributed by atoms with van der Waals surface area (Å²) in [4.78, 5) is 38.1. The third kappa shape index (κ3) is 53.5. The Kier molecular flexibility index (Phi) is 53.4. The van der Waals surface area contributed by atoms with Crippen molar-refractivity contribution in [3.8, 4) is 0 Å². The number of ether oxygens (including phenoxy) is 3. The van der Waals surface area contributed by atoms with Crippen LogP contribution in [0, 0.1) is 0 Å². The molecule has 0 aromatic heterocycles. The second kappa shape index (κ2) is 56.2. The SMILES string of the molecule is CC/C=C/C=C/C=C/C=C/C=C/CCCC(=O)OCC(COC(=O)CCCCCCCCCCCCCCCCCCCCC)OC(=O)CCCCCCC/C=C/C=C/CCCCCCCCC. The van der Waals surface area contributed by atoms with Crippen LogP contribution in [0.3, 0.4) is 0 Å². The molecule has 0 aliphatic heterocycles. The molecule has 0 aromatic carbocycles. The second-order valence-corrected chi connectivity index (χ2v) is 19.0. The van der Waals surface area contributed by atoms with Crippen molar-refractivity contribution < 1.29 is 28.6 Å². The zero-order valence-electron chi connectivity index (χ0n) is 44.6. The molecule has 6 heteroatoms. The van der Waals surface area contributed by atoms with E-state index in [-0.39, 0.29) is 37.5 Å². The average molecular weight is 948 g/mol. The molecule has 0 aliphatic rings. The Morgan fingerprint density at radius 1 is 0.309 bits per heavy atom. The molecule has 390 valence electrons. The molecule has 1 atom stereocenters. The molecule has 68 heavy (non-hydrogen) atoms. The van der Waals surface area contributed by atoms with Gasteiger partial charge in [0, 0.05) is 19.3 Å². The van der Waals surface area contributed by atoms with Crippen molar-refractivity contribution in [1.82, 2.24) is 0 Å². The maximum Gasteiger partial charge on any atom is 0.306 e. The summed E-state index contributed by atoms with van der Waals surface area (Å²) in [6.45, 7) is 6.44. The number of carbonyl (C=O) groups is 3. The number of hydrogen-bond donors (Lipinski definition) is 0. The van der Waals surface area contributed by atoms with Gasteiger partial charge in [0.1, 0.15) is 13.2 Å². The second-order valence-electron chi connectivity index (χ2n) is 19.0. The lowest BCUT2D eigenvalue weighted by Crippen LogP contribution is -2.30. The standard InChI is InChI=1S/C62H106O6/c1-4-7-10-13-16-19-22-25-27-29-31-33-34-37-40-43-46-49-52-55-61(64)67-58-59(57-66-60(63)54-51-48-45-42-39-36-24-21-18-15-12-9-6-3)68-62(65)56-53-50-47-44-41-38-35-32-30-28-26-23-20-17-14-11-8-5-2/h9,12,15,18,21,24,28,30,32,35-36,39,42,45,59H,4-8,10-11,13-14,16-17,19-20,22-23,25-27,29,31,33-34,37-38,40-41,43-44,46-58H2,1-3H3/b12-9+,18-15+,24-21+,30-28+,35-32+,39-36+,45-42+. The zero-order chi connectivity index (χ0) is 49.3. The van der Waals surface area contributed by atoms with Gasteiger partial charge in [-0.15, -0.1) is 0 Å². The molecule has 0 saturated carbocycles. The summed E-state index contributed by atoms with van der Waals surface area (Å²) in [6.07, 6.45) is 73.0. The molecule has 0 bridgehead atoms. The summed E-state index contributed by atoms with van der Waals surface area (Å²) in [6, 6.07) is 0. The van der Waals surface area contributed by atoms with Crippen molar-refractivity contribution >= 4 is 17.9 Å². The summed E-state index contributed by atoms with van der Waals surface area (Å²) in [5, 5.41) is 0. The highest BCUT2D eigenvalue weighted by Gasteiger charge is 2.19. The highest BCUT2D eigenvalue weighted by Crippen LogP contribution is 2.16. The van der Waals surface area contributed by atoms with Crippen LogP contribution >= 0.6 is 0 Å². The summed E-state index contributed by atoms with van der Waals surface area (Å²) < 4.78 is 16.8. The fraction of sp³-hybridized carbons (Fsp3) is 0.726. The zero-order valence-corrected chi connectivity index (χ0v) is 44.6. The fourth-order valence-corrected chi connectivity index (χ4v) is 7.99. The maximum absolute atomic E-state index is 12.8. The van der Waals surface area contributed by atoms with Crippen LogP contribution < -0.4 is 0 Å². The Morgan fingerprint density at radius 3 is 0.971 bits per heavy atom. The minimum atomic E-state index is -0.813. The topological polar surface area (TPSA) is 78.9 Å². The van der Waals surface area contributed by atoms with Gasteiger partial charge in [0.15, 0.2) is 6.10 Å². The van der Waals surface area contributed by atoms with Gasteiger partial charge in [0.05, 0.1) is 0 Å². The number of esters is 3. The third-order valence-corrected chi connectivity index (χ3v) is 12.3. The summed E-state index contributed by atoms with van der Waals surface area (Å²) in [5.41, 5.74) is 0. The predicted molar refractivity (Wildman–Crippen MR) is 293 cm³/mol. The summed E-state index contributed by atoms with van der Waals surface area (Å²) in [7, 11) is 0. The van der Waals surface area contributed by atoms with Gasteiger partial charge < -0.3 is 14.2 Å². The number of rotatable bonds is 51. The van der Waals surface area contributed by atoms with Crippen LogP contribution in [0.5, 0.6) is 0 Å². The first-order chi connectivity index (χ1) is 33.5. The monoisotopic (exact) mass is 947 g/mol. The van der Waals surface area contributed by atoms with E-state index >= 15 is 0 Å². The number of allylic oxidation sites excluding steroid dienone is 14. The summed E-state index contributed by atoms with van der Waals surface area (Å²) >= 11 is 0. The van der Waals surface area contributed by atoms with Gasteiger partial charge in [0.2, 0.25) is 0 Å². The Labute approximate surface area is 420 Å². The van der Waals surface area contributed by atoms with Gasteiger partial charge in [-0.05, 0) is 57.8 Å². The molecule has 6 nitrogen and oxygen atoms in total. The molecule has 0 rings (SSSR count). The van der Waals surface area contributed by atoms with Crippen LogP contribution in [0.15, 0.2) is 85.1 Å². The van der Waals surface area contributed by atoms with Crippen LogP contribution in [0.25, 0.3) is 0 Å². The highest BCUT2D eigenvalue weighted by atomic mass is 16.6. The number of unbranched alkanes of at least 4 members (excludes halogenated alkanes) is 31. The molecule has 0 aliphatic carbocycles. The normalized spacial score (nSPS) is 12.7. The minimum absolute atomic E-state index is 0.104. The predicted octanol–water partition coefficient (Wildman–Crippen LogP) is 19.2. The minimum Gasteiger partial charge on any atom is -0.462 e. The quantitative estimate of drug-likeness (QED) is 0.0262. The van der Waals surface area contributed by atoms with Crippen LogP contribution in [0.1, 0.15) is 271 Å². The van der Waals surface area contributed by atoms with Crippen molar-refractivity contribution in [2.45, 2.75) is 277 Å². The molecule has 0 spiro atoms. The smallest absolute Gasteiger partial charge is 0.306 e. The molecule has 0 aromatic rings. The number of hydrogen-bond acceptors (Lipinski definition) is 6. The Morgan fingerprint density at radius 2 is 0.588 bits per heavy atom. The van der Waals surface area contributed by atoms with Crippen molar-refractivity contribution in [2.75, 3.05) is 13.2 Å².